The van der Waals surface area contributed by atoms with E-state index in [9.17, 15) is 4.79 Å². The number of thiophene rings is 1. The lowest BCUT2D eigenvalue weighted by Gasteiger charge is -2.25. The zero-order chi connectivity index (χ0) is 16.1. The highest BCUT2D eigenvalue weighted by Crippen LogP contribution is 2.19. The van der Waals surface area contributed by atoms with Crippen LogP contribution in [0.15, 0.2) is 35.7 Å². The maximum atomic E-state index is 12.3. The number of nitrogens with one attached hydrogen (secondary N) is 1. The van der Waals surface area contributed by atoms with Gasteiger partial charge in [0.05, 0.1) is 6.54 Å². The van der Waals surface area contributed by atoms with Gasteiger partial charge in [-0.1, -0.05) is 17.7 Å². The molecule has 22 heavy (non-hydrogen) atoms. The van der Waals surface area contributed by atoms with E-state index in [0.29, 0.717) is 12.6 Å². The molecular weight excluding hydrogens is 292 g/mol. The molecule has 1 aromatic carbocycles. The topological polar surface area (TPSA) is 32.3 Å². The highest BCUT2D eigenvalue weighted by molar-refractivity contribution is 7.10. The molecule has 1 amide bonds. The van der Waals surface area contributed by atoms with Crippen LogP contribution in [0.1, 0.15) is 29.9 Å². The van der Waals surface area contributed by atoms with Crippen LogP contribution < -0.4 is 5.32 Å². The van der Waals surface area contributed by atoms with Crippen molar-refractivity contribution in [2.75, 3.05) is 11.9 Å². The third kappa shape index (κ3) is 4.68. The van der Waals surface area contributed by atoms with E-state index < -0.39 is 0 Å². The van der Waals surface area contributed by atoms with E-state index in [4.69, 9.17) is 0 Å². The molecule has 0 radical (unpaired) electrons. The number of aryl methyl sites for hydroxylation is 2. The Labute approximate surface area is 137 Å². The van der Waals surface area contributed by atoms with Crippen LogP contribution in [-0.2, 0) is 11.3 Å². The largest absolute Gasteiger partial charge is 0.325 e. The zero-order valence-electron chi connectivity index (χ0n) is 13.7. The molecular formula is C18H24N2OS. The second-order valence-electron chi connectivity index (χ2n) is 5.94. The summed E-state index contributed by atoms with van der Waals surface area (Å²) in [5, 5.41) is 5.08. The summed E-state index contributed by atoms with van der Waals surface area (Å²) in [6.07, 6.45) is 0. The monoisotopic (exact) mass is 316 g/mol. The molecule has 118 valence electrons. The summed E-state index contributed by atoms with van der Waals surface area (Å²) in [6, 6.07) is 10.3. The predicted molar refractivity (Wildman–Crippen MR) is 94.4 cm³/mol. The van der Waals surface area contributed by atoms with Gasteiger partial charge in [-0.15, -0.1) is 11.3 Å². The number of anilines is 1. The van der Waals surface area contributed by atoms with E-state index in [-0.39, 0.29) is 5.91 Å². The number of hydrogen-bond acceptors (Lipinski definition) is 3. The fourth-order valence-corrected chi connectivity index (χ4v) is 3.12. The minimum absolute atomic E-state index is 0.0340. The van der Waals surface area contributed by atoms with Crippen molar-refractivity contribution in [3.05, 3.63) is 51.7 Å². The van der Waals surface area contributed by atoms with Crippen LogP contribution in [0, 0.1) is 13.8 Å². The van der Waals surface area contributed by atoms with Crippen molar-refractivity contribution in [2.24, 2.45) is 0 Å². The lowest BCUT2D eigenvalue weighted by molar-refractivity contribution is -0.117. The van der Waals surface area contributed by atoms with Crippen molar-refractivity contribution < 1.29 is 4.79 Å². The fraction of sp³-hybridized carbons (Fsp3) is 0.389. The summed E-state index contributed by atoms with van der Waals surface area (Å²) in [5.41, 5.74) is 3.34. The number of hydrogen-bond donors (Lipinski definition) is 1. The highest BCUT2D eigenvalue weighted by atomic mass is 32.1. The second-order valence-corrected chi connectivity index (χ2v) is 6.94. The van der Waals surface area contributed by atoms with E-state index in [2.05, 4.69) is 42.4 Å². The van der Waals surface area contributed by atoms with Gasteiger partial charge in [-0.2, -0.15) is 0 Å². The molecule has 0 spiro atoms. The van der Waals surface area contributed by atoms with Gasteiger partial charge in [-0.25, -0.2) is 0 Å². The van der Waals surface area contributed by atoms with Crippen molar-refractivity contribution in [1.29, 1.82) is 0 Å². The van der Waals surface area contributed by atoms with Gasteiger partial charge in [-0.05, 0) is 56.8 Å². The standard InChI is InChI=1S/C18H24N2OS/c1-13(2)20(11-17-15(4)9-10-22-17)12-18(21)19-16-7-5-14(3)6-8-16/h5-10,13H,11-12H2,1-4H3,(H,19,21). The molecule has 0 unspecified atom stereocenters. The summed E-state index contributed by atoms with van der Waals surface area (Å²) in [7, 11) is 0. The van der Waals surface area contributed by atoms with Crippen molar-refractivity contribution in [2.45, 2.75) is 40.3 Å². The Morgan fingerprint density at radius 3 is 2.41 bits per heavy atom. The Balaban J connectivity index is 1.97. The van der Waals surface area contributed by atoms with Crippen LogP contribution in [0.2, 0.25) is 0 Å². The van der Waals surface area contributed by atoms with Crippen LogP contribution in [0.5, 0.6) is 0 Å². The lowest BCUT2D eigenvalue weighted by Crippen LogP contribution is -2.37. The van der Waals surface area contributed by atoms with E-state index in [0.717, 1.165) is 12.2 Å². The van der Waals surface area contributed by atoms with Gasteiger partial charge in [0, 0.05) is 23.2 Å². The second kappa shape index (κ2) is 7.56. The summed E-state index contributed by atoms with van der Waals surface area (Å²) in [5.74, 6) is 0.0340. The zero-order valence-corrected chi connectivity index (χ0v) is 14.5. The lowest BCUT2D eigenvalue weighted by atomic mass is 10.2. The molecule has 4 heteroatoms. The Kier molecular flexibility index (Phi) is 5.75. The Morgan fingerprint density at radius 2 is 1.86 bits per heavy atom. The quantitative estimate of drug-likeness (QED) is 0.865. The number of nitrogens with zero attached hydrogens (tertiary/aromatic N) is 1. The number of rotatable bonds is 6. The summed E-state index contributed by atoms with van der Waals surface area (Å²) in [4.78, 5) is 15.8. The first kappa shape index (κ1) is 16.7. The fourth-order valence-electron chi connectivity index (χ4n) is 2.19. The first-order valence-electron chi connectivity index (χ1n) is 7.59. The highest BCUT2D eigenvalue weighted by Gasteiger charge is 2.16. The average Bonchev–Trinajstić information content (AvgIpc) is 2.86. The molecule has 1 heterocycles. The number of benzene rings is 1. The molecule has 1 N–H and O–H groups in total. The Morgan fingerprint density at radius 1 is 1.18 bits per heavy atom. The van der Waals surface area contributed by atoms with E-state index in [1.54, 1.807) is 11.3 Å². The summed E-state index contributed by atoms with van der Waals surface area (Å²) in [6.45, 7) is 9.64. The van der Waals surface area contributed by atoms with E-state index >= 15 is 0 Å². The molecule has 0 saturated carbocycles. The third-order valence-corrected chi connectivity index (χ3v) is 4.73. The minimum atomic E-state index is 0.0340. The van der Waals surface area contributed by atoms with Crippen molar-refractivity contribution in [3.8, 4) is 0 Å². The molecule has 0 saturated heterocycles. The SMILES string of the molecule is Cc1ccc(NC(=O)CN(Cc2sccc2C)C(C)C)cc1. The van der Waals surface area contributed by atoms with Crippen LogP contribution >= 0.6 is 11.3 Å². The van der Waals surface area contributed by atoms with Gasteiger partial charge in [-0.3, -0.25) is 9.69 Å². The van der Waals surface area contributed by atoms with Gasteiger partial charge in [0.2, 0.25) is 5.91 Å². The molecule has 0 aliphatic carbocycles. The normalized spacial score (nSPS) is 11.2. The van der Waals surface area contributed by atoms with Crippen LogP contribution in [-0.4, -0.2) is 23.4 Å². The molecule has 0 fully saturated rings. The van der Waals surface area contributed by atoms with Crippen molar-refractivity contribution >= 4 is 22.9 Å². The summed E-state index contributed by atoms with van der Waals surface area (Å²) >= 11 is 1.75. The average molecular weight is 316 g/mol. The van der Waals surface area contributed by atoms with Gasteiger partial charge in [0.15, 0.2) is 0 Å². The summed E-state index contributed by atoms with van der Waals surface area (Å²) < 4.78 is 0. The molecule has 0 aliphatic rings. The molecule has 3 nitrogen and oxygen atoms in total. The Bertz CT molecular complexity index is 616. The van der Waals surface area contributed by atoms with Crippen LogP contribution in [0.4, 0.5) is 5.69 Å². The predicted octanol–water partition coefficient (Wildman–Crippen LogP) is 4.21. The maximum absolute atomic E-state index is 12.3. The van der Waals surface area contributed by atoms with Gasteiger partial charge in [0.1, 0.15) is 0 Å². The molecule has 1 aromatic heterocycles. The van der Waals surface area contributed by atoms with Crippen molar-refractivity contribution in [1.82, 2.24) is 4.90 Å². The minimum Gasteiger partial charge on any atom is -0.325 e. The number of carbonyl (C=O) groups excluding carboxylic acids is 1. The molecule has 0 atom stereocenters. The maximum Gasteiger partial charge on any atom is 0.238 e. The molecule has 0 aliphatic heterocycles. The first-order valence-corrected chi connectivity index (χ1v) is 8.47. The first-order chi connectivity index (χ1) is 10.5. The van der Waals surface area contributed by atoms with Crippen LogP contribution in [0.3, 0.4) is 0 Å². The van der Waals surface area contributed by atoms with E-state index in [1.165, 1.54) is 16.0 Å². The smallest absolute Gasteiger partial charge is 0.238 e. The van der Waals surface area contributed by atoms with Gasteiger partial charge < -0.3 is 5.32 Å². The van der Waals surface area contributed by atoms with Gasteiger partial charge in [0.25, 0.3) is 0 Å². The number of carbonyl (C=O) groups is 1. The number of amides is 1. The van der Waals surface area contributed by atoms with E-state index in [1.807, 2.05) is 31.2 Å². The molecule has 0 bridgehead atoms. The van der Waals surface area contributed by atoms with Gasteiger partial charge >= 0.3 is 0 Å². The molecule has 2 aromatic rings. The molecule has 2 rings (SSSR count). The third-order valence-electron chi connectivity index (χ3n) is 3.73. The Hall–Kier alpha value is -1.65. The van der Waals surface area contributed by atoms with Crippen LogP contribution in [0.25, 0.3) is 0 Å². The van der Waals surface area contributed by atoms with Crippen molar-refractivity contribution in [3.63, 3.8) is 0 Å².